The maximum atomic E-state index is 11.7. The van der Waals surface area contributed by atoms with E-state index in [9.17, 15) is 13.2 Å². The van der Waals surface area contributed by atoms with Gasteiger partial charge < -0.3 is 9.84 Å². The molecule has 0 aliphatic carbocycles. The van der Waals surface area contributed by atoms with E-state index in [4.69, 9.17) is 5.11 Å². The van der Waals surface area contributed by atoms with Gasteiger partial charge in [-0.1, -0.05) is 0 Å². The fourth-order valence-electron chi connectivity index (χ4n) is 0.758. The highest BCUT2D eigenvalue weighted by atomic mass is 32.1. The molecule has 0 amide bonds. The molecule has 0 fully saturated rings. The van der Waals surface area contributed by atoms with Gasteiger partial charge in [0.25, 0.3) is 0 Å². The molecule has 0 aliphatic rings. The van der Waals surface area contributed by atoms with Gasteiger partial charge in [0.15, 0.2) is 6.61 Å². The molecular formula is C8H7F3O2S. The summed E-state index contributed by atoms with van der Waals surface area (Å²) in [6, 6.07) is 3.73. The van der Waals surface area contributed by atoms with E-state index in [1.165, 1.54) is 12.1 Å². The normalized spacial score (nSPS) is 11.4. The van der Waals surface area contributed by atoms with E-state index in [1.807, 2.05) is 0 Å². The summed E-state index contributed by atoms with van der Waals surface area (Å²) < 4.78 is 39.5. The Morgan fingerprint density at radius 1 is 1.36 bits per heavy atom. The maximum absolute atomic E-state index is 11.7. The van der Waals surface area contributed by atoms with Crippen molar-refractivity contribution in [3.63, 3.8) is 0 Å². The third kappa shape index (κ3) is 3.37. The number of aromatic hydroxyl groups is 1. The summed E-state index contributed by atoms with van der Waals surface area (Å²) in [7, 11) is 0. The fourth-order valence-corrected chi connectivity index (χ4v) is 0.897. The molecule has 0 spiro atoms. The van der Waals surface area contributed by atoms with E-state index in [-0.39, 0.29) is 16.4 Å². The monoisotopic (exact) mass is 224 g/mol. The quantitative estimate of drug-likeness (QED) is 0.756. The first-order valence-corrected chi connectivity index (χ1v) is 4.05. The van der Waals surface area contributed by atoms with Crippen LogP contribution < -0.4 is 4.74 Å². The lowest BCUT2D eigenvalue weighted by atomic mass is 10.3. The first-order chi connectivity index (χ1) is 6.38. The van der Waals surface area contributed by atoms with E-state index in [2.05, 4.69) is 17.4 Å². The Morgan fingerprint density at radius 2 is 2.00 bits per heavy atom. The molecule has 0 radical (unpaired) electrons. The van der Waals surface area contributed by atoms with Gasteiger partial charge in [0, 0.05) is 11.0 Å². The van der Waals surface area contributed by atoms with E-state index in [1.54, 1.807) is 0 Å². The van der Waals surface area contributed by atoms with Crippen LogP contribution in [0.25, 0.3) is 0 Å². The van der Waals surface area contributed by atoms with Crippen LogP contribution in [-0.2, 0) is 0 Å². The zero-order valence-corrected chi connectivity index (χ0v) is 7.77. The van der Waals surface area contributed by atoms with Gasteiger partial charge in [-0.2, -0.15) is 13.2 Å². The minimum Gasteiger partial charge on any atom is -0.507 e. The molecule has 1 aromatic rings. The zero-order valence-electron chi connectivity index (χ0n) is 6.88. The van der Waals surface area contributed by atoms with Gasteiger partial charge in [0.05, 0.1) is 0 Å². The second-order valence-electron chi connectivity index (χ2n) is 2.55. The number of hydrogen-bond donors (Lipinski definition) is 2. The summed E-state index contributed by atoms with van der Waals surface area (Å²) in [6.07, 6.45) is -4.38. The van der Waals surface area contributed by atoms with Crippen molar-refractivity contribution in [3.05, 3.63) is 18.2 Å². The Balaban J connectivity index is 2.65. The molecule has 1 N–H and O–H groups in total. The van der Waals surface area contributed by atoms with Crippen LogP contribution in [0.5, 0.6) is 11.5 Å². The van der Waals surface area contributed by atoms with Crippen LogP contribution in [0.15, 0.2) is 23.1 Å². The highest BCUT2D eigenvalue weighted by Gasteiger charge is 2.28. The number of phenols is 1. The van der Waals surface area contributed by atoms with Crippen molar-refractivity contribution in [2.24, 2.45) is 0 Å². The number of halogens is 3. The fraction of sp³-hybridized carbons (Fsp3) is 0.250. The Hall–Kier alpha value is -1.04. The summed E-state index contributed by atoms with van der Waals surface area (Å²) >= 11 is 3.84. The molecule has 78 valence electrons. The molecule has 1 aromatic carbocycles. The molecule has 0 bridgehead atoms. The average molecular weight is 224 g/mol. The van der Waals surface area contributed by atoms with E-state index in [0.717, 1.165) is 6.07 Å². The van der Waals surface area contributed by atoms with Crippen molar-refractivity contribution < 1.29 is 23.0 Å². The summed E-state index contributed by atoms with van der Waals surface area (Å²) in [5, 5.41) is 9.09. The maximum Gasteiger partial charge on any atom is 0.422 e. The van der Waals surface area contributed by atoms with Crippen LogP contribution in [0.1, 0.15) is 0 Å². The van der Waals surface area contributed by atoms with Crippen molar-refractivity contribution in [1.82, 2.24) is 0 Å². The standard InChI is InChI=1S/C8H7F3O2S/c9-8(10,11)4-13-5-1-2-7(14)6(12)3-5/h1-3,12,14H,4H2. The van der Waals surface area contributed by atoms with Gasteiger partial charge in [-0.05, 0) is 12.1 Å². The third-order valence-corrected chi connectivity index (χ3v) is 1.73. The van der Waals surface area contributed by atoms with Gasteiger partial charge in [0.2, 0.25) is 0 Å². The lowest BCUT2D eigenvalue weighted by Gasteiger charge is -2.09. The highest BCUT2D eigenvalue weighted by Crippen LogP contribution is 2.27. The van der Waals surface area contributed by atoms with Crippen LogP contribution in [0, 0.1) is 0 Å². The Kier molecular flexibility index (Phi) is 3.15. The number of ether oxygens (including phenoxy) is 1. The first-order valence-electron chi connectivity index (χ1n) is 3.60. The SMILES string of the molecule is Oc1cc(OCC(F)(F)F)ccc1S. The number of benzene rings is 1. The van der Waals surface area contributed by atoms with Crippen molar-refractivity contribution in [2.75, 3.05) is 6.61 Å². The lowest BCUT2D eigenvalue weighted by Crippen LogP contribution is -2.19. The van der Waals surface area contributed by atoms with E-state index < -0.39 is 12.8 Å². The Bertz CT molecular complexity index is 325. The predicted octanol–water partition coefficient (Wildman–Crippen LogP) is 2.62. The van der Waals surface area contributed by atoms with Gasteiger partial charge >= 0.3 is 6.18 Å². The molecule has 0 saturated carbocycles. The summed E-state index contributed by atoms with van der Waals surface area (Å²) in [5.41, 5.74) is 0. The predicted molar refractivity (Wildman–Crippen MR) is 46.9 cm³/mol. The second kappa shape index (κ2) is 4.00. The second-order valence-corrected chi connectivity index (χ2v) is 3.04. The van der Waals surface area contributed by atoms with Crippen molar-refractivity contribution in [1.29, 1.82) is 0 Å². The van der Waals surface area contributed by atoms with Crippen LogP contribution in [0.4, 0.5) is 13.2 Å². The molecule has 1 rings (SSSR count). The van der Waals surface area contributed by atoms with Crippen LogP contribution in [0.2, 0.25) is 0 Å². The van der Waals surface area contributed by atoms with Gasteiger partial charge in [0.1, 0.15) is 11.5 Å². The van der Waals surface area contributed by atoms with Gasteiger partial charge in [-0.3, -0.25) is 0 Å². The number of rotatable bonds is 2. The average Bonchev–Trinajstić information content (AvgIpc) is 2.06. The zero-order chi connectivity index (χ0) is 10.8. The van der Waals surface area contributed by atoms with Gasteiger partial charge in [-0.15, -0.1) is 12.6 Å². The van der Waals surface area contributed by atoms with Crippen molar-refractivity contribution in [2.45, 2.75) is 11.1 Å². The molecule has 14 heavy (non-hydrogen) atoms. The van der Waals surface area contributed by atoms with Crippen LogP contribution in [0.3, 0.4) is 0 Å². The molecule has 0 saturated heterocycles. The number of alkyl halides is 3. The number of hydrogen-bond acceptors (Lipinski definition) is 3. The van der Waals surface area contributed by atoms with E-state index in [0.29, 0.717) is 0 Å². The molecule has 6 heteroatoms. The molecule has 0 atom stereocenters. The summed E-state index contributed by atoms with van der Waals surface area (Å²) in [6.45, 7) is -1.38. The van der Waals surface area contributed by atoms with Crippen LogP contribution >= 0.6 is 12.6 Å². The van der Waals surface area contributed by atoms with Gasteiger partial charge in [-0.25, -0.2) is 0 Å². The van der Waals surface area contributed by atoms with Crippen LogP contribution in [-0.4, -0.2) is 17.9 Å². The summed E-state index contributed by atoms with van der Waals surface area (Å²) in [4.78, 5) is 0.282. The molecule has 0 aliphatic heterocycles. The smallest absolute Gasteiger partial charge is 0.422 e. The van der Waals surface area contributed by atoms with Crippen molar-refractivity contribution >= 4 is 12.6 Å². The Labute approximate surface area is 83.7 Å². The van der Waals surface area contributed by atoms with E-state index >= 15 is 0 Å². The third-order valence-electron chi connectivity index (χ3n) is 1.35. The highest BCUT2D eigenvalue weighted by molar-refractivity contribution is 7.80. The largest absolute Gasteiger partial charge is 0.507 e. The molecule has 0 heterocycles. The summed E-state index contributed by atoms with van der Waals surface area (Å²) in [5.74, 6) is -0.259. The molecule has 0 aromatic heterocycles. The molecule has 2 nitrogen and oxygen atoms in total. The minimum atomic E-state index is -4.38. The molecule has 0 unspecified atom stereocenters. The number of thiol groups is 1. The minimum absolute atomic E-state index is 0.0439. The Morgan fingerprint density at radius 3 is 2.50 bits per heavy atom. The van der Waals surface area contributed by atoms with Crippen molar-refractivity contribution in [3.8, 4) is 11.5 Å². The topological polar surface area (TPSA) is 29.5 Å². The first kappa shape index (κ1) is 11.0. The lowest BCUT2D eigenvalue weighted by molar-refractivity contribution is -0.153. The number of phenolic OH excluding ortho intramolecular Hbond substituents is 1. The molecular weight excluding hydrogens is 217 g/mol.